The zero-order valence-corrected chi connectivity index (χ0v) is 38.3. The molecule has 1 spiro atoms. The van der Waals surface area contributed by atoms with Crippen LogP contribution in [-0.2, 0) is 38.8 Å². The number of nitrogens with one attached hydrogen (secondary N) is 3. The summed E-state index contributed by atoms with van der Waals surface area (Å²) in [6.45, 7) is 5.60. The summed E-state index contributed by atoms with van der Waals surface area (Å²) in [4.78, 5) is 72.3. The van der Waals surface area contributed by atoms with Gasteiger partial charge in [0.15, 0.2) is 5.79 Å². The lowest BCUT2D eigenvalue weighted by Crippen LogP contribution is -2.49. The topological polar surface area (TPSA) is 156 Å². The third-order valence-electron chi connectivity index (χ3n) is 13.8. The highest BCUT2D eigenvalue weighted by Gasteiger charge is 2.54. The van der Waals surface area contributed by atoms with Crippen molar-refractivity contribution in [3.8, 4) is 11.1 Å². The van der Waals surface area contributed by atoms with Crippen molar-refractivity contribution in [1.82, 2.24) is 15.1 Å². The first-order chi connectivity index (χ1) is 32.1. The summed E-state index contributed by atoms with van der Waals surface area (Å²) in [7, 11) is 1.24. The second-order valence-electron chi connectivity index (χ2n) is 18.0. The quantitative estimate of drug-likeness (QED) is 0.0890. The Labute approximate surface area is 387 Å². The highest BCUT2D eigenvalue weighted by molar-refractivity contribution is 6.01. The van der Waals surface area contributed by atoms with Crippen LogP contribution in [0, 0.1) is 6.42 Å². The summed E-state index contributed by atoms with van der Waals surface area (Å²) < 4.78 is 17.0. The number of alkyl carbamates (subject to hydrolysis) is 1. The number of methoxy groups -OCH3 is 1. The summed E-state index contributed by atoms with van der Waals surface area (Å²) in [5, 5.41) is 9.07. The average Bonchev–Trinajstić information content (AvgIpc) is 4.15. The van der Waals surface area contributed by atoms with Crippen LogP contribution >= 0.6 is 0 Å². The molecule has 4 aliphatic rings. The molecule has 3 fully saturated rings. The molecule has 5 amide bonds. The third-order valence-corrected chi connectivity index (χ3v) is 13.8. The molecular formula is C53H62N5O8. The Kier molecular flexibility index (Phi) is 14.5. The van der Waals surface area contributed by atoms with Gasteiger partial charge in [-0.1, -0.05) is 125 Å². The van der Waals surface area contributed by atoms with Gasteiger partial charge in [0.1, 0.15) is 18.1 Å². The second-order valence-corrected chi connectivity index (χ2v) is 18.0. The van der Waals surface area contributed by atoms with E-state index in [4.69, 9.17) is 14.2 Å². The number of rotatable bonds is 17. The predicted octanol–water partition coefficient (Wildman–Crippen LogP) is 8.68. The SMILES string of the molecule is CCCCCC1(CCCCC)c2cc(NC(=O)[C@@H]3CCCN3C(=O)[CH]c3ccccc3)ccc2-c2ccc(NC(=O)[C@@H]3CC4(CN3C(=O)[C@H](NC(=O)OC)c3ccccc3)OCCO4)cc21. The van der Waals surface area contributed by atoms with E-state index in [0.717, 1.165) is 85.6 Å². The molecule has 8 rings (SSSR count). The fourth-order valence-electron chi connectivity index (χ4n) is 10.5. The summed E-state index contributed by atoms with van der Waals surface area (Å²) in [5.41, 5.74) is 6.69. The molecule has 66 heavy (non-hydrogen) atoms. The Hall–Kier alpha value is -6.05. The van der Waals surface area contributed by atoms with Gasteiger partial charge in [0.25, 0.3) is 5.91 Å². The smallest absolute Gasteiger partial charge is 0.407 e. The second kappa shape index (κ2) is 20.6. The summed E-state index contributed by atoms with van der Waals surface area (Å²) in [5.74, 6) is -2.41. The predicted molar refractivity (Wildman–Crippen MR) is 252 cm³/mol. The van der Waals surface area contributed by atoms with Crippen molar-refractivity contribution in [2.45, 2.75) is 114 Å². The van der Waals surface area contributed by atoms with Crippen molar-refractivity contribution in [3.63, 3.8) is 0 Å². The number of hydrogen-bond donors (Lipinski definition) is 3. The molecule has 13 nitrogen and oxygen atoms in total. The lowest BCUT2D eigenvalue weighted by molar-refractivity contribution is -0.153. The largest absolute Gasteiger partial charge is 0.453 e. The molecule has 3 atom stereocenters. The van der Waals surface area contributed by atoms with Crippen LogP contribution in [0.4, 0.5) is 16.2 Å². The van der Waals surface area contributed by atoms with E-state index in [9.17, 15) is 24.0 Å². The molecule has 0 unspecified atom stereocenters. The average molecular weight is 897 g/mol. The molecule has 3 N–H and O–H groups in total. The van der Waals surface area contributed by atoms with Crippen LogP contribution in [0.5, 0.6) is 0 Å². The number of benzene rings is 4. The van der Waals surface area contributed by atoms with Crippen LogP contribution in [0.1, 0.15) is 113 Å². The molecule has 0 bridgehead atoms. The first kappa shape index (κ1) is 46.5. The van der Waals surface area contributed by atoms with Crippen LogP contribution in [-0.4, -0.2) is 90.8 Å². The van der Waals surface area contributed by atoms with Crippen LogP contribution in [0.25, 0.3) is 11.1 Å². The van der Waals surface area contributed by atoms with E-state index >= 15 is 0 Å². The van der Waals surface area contributed by atoms with E-state index in [1.807, 2.05) is 48.5 Å². The van der Waals surface area contributed by atoms with Crippen LogP contribution in [0.2, 0.25) is 0 Å². The van der Waals surface area contributed by atoms with Gasteiger partial charge in [-0.3, -0.25) is 19.2 Å². The van der Waals surface area contributed by atoms with Crippen LogP contribution in [0.15, 0.2) is 97.1 Å². The molecule has 347 valence electrons. The van der Waals surface area contributed by atoms with E-state index in [0.29, 0.717) is 43.1 Å². The number of anilines is 2. The molecular weight excluding hydrogens is 835 g/mol. The normalized spacial score (nSPS) is 19.3. The Morgan fingerprint density at radius 2 is 1.32 bits per heavy atom. The minimum absolute atomic E-state index is 0.00760. The highest BCUT2D eigenvalue weighted by atomic mass is 16.7. The molecule has 0 saturated carbocycles. The van der Waals surface area contributed by atoms with Gasteiger partial charge in [0.05, 0.1) is 33.3 Å². The Bertz CT molecular complexity index is 2380. The zero-order chi connectivity index (χ0) is 46.3. The highest BCUT2D eigenvalue weighted by Crippen LogP contribution is 2.55. The van der Waals surface area contributed by atoms with Gasteiger partial charge in [-0.15, -0.1) is 0 Å². The molecule has 4 aromatic rings. The molecule has 1 aliphatic carbocycles. The standard InChI is InChI=1S/C53H62N5O8/c1-4-6-14-26-52(27-15-7-5-2)42-32-38(54-48(60)44-21-16-28-57(44)46(59)31-36-17-10-8-11-18-36)22-24-40(42)41-25-23-39(33-43(41)52)55-49(61)45-34-53(65-29-30-66-53)35-58(45)50(62)47(56-51(63)64-3)37-19-12-9-13-20-37/h8-13,17-20,22-25,31-33,44-45,47H,4-7,14-16,21,26-30,34-35H2,1-3H3,(H,54,60)(H,55,61)(H,56,63)/t44-,45-,47+/m0/s1. The number of carbonyl (C=O) groups is 5. The van der Waals surface area contributed by atoms with Crippen molar-refractivity contribution in [2.75, 3.05) is 44.0 Å². The van der Waals surface area contributed by atoms with Gasteiger partial charge in [-0.25, -0.2) is 4.79 Å². The number of nitrogens with zero attached hydrogens (tertiary/aromatic N) is 2. The van der Waals surface area contributed by atoms with Crippen molar-refractivity contribution in [1.29, 1.82) is 0 Å². The zero-order valence-electron chi connectivity index (χ0n) is 38.3. The molecule has 13 heteroatoms. The first-order valence-corrected chi connectivity index (χ1v) is 23.7. The van der Waals surface area contributed by atoms with Crippen LogP contribution in [0.3, 0.4) is 0 Å². The minimum Gasteiger partial charge on any atom is -0.453 e. The Balaban J connectivity index is 1.08. The molecule has 4 aromatic carbocycles. The third kappa shape index (κ3) is 9.73. The van der Waals surface area contributed by atoms with E-state index in [1.54, 1.807) is 35.6 Å². The van der Waals surface area contributed by atoms with E-state index in [1.165, 1.54) is 12.0 Å². The van der Waals surface area contributed by atoms with Gasteiger partial charge >= 0.3 is 6.09 Å². The van der Waals surface area contributed by atoms with E-state index in [2.05, 4.69) is 54.1 Å². The number of carbonyl (C=O) groups excluding carboxylic acids is 5. The molecule has 0 aromatic heterocycles. The maximum atomic E-state index is 14.6. The molecule has 3 aliphatic heterocycles. The van der Waals surface area contributed by atoms with Gasteiger partial charge in [0.2, 0.25) is 17.7 Å². The maximum Gasteiger partial charge on any atom is 0.407 e. The van der Waals surface area contributed by atoms with Crippen molar-refractivity contribution < 1.29 is 38.2 Å². The summed E-state index contributed by atoms with van der Waals surface area (Å²) in [6, 6.07) is 27.9. The van der Waals surface area contributed by atoms with Crippen molar-refractivity contribution >= 4 is 41.1 Å². The minimum atomic E-state index is -1.16. The van der Waals surface area contributed by atoms with E-state index < -0.39 is 47.2 Å². The van der Waals surface area contributed by atoms with Gasteiger partial charge in [-0.2, -0.15) is 0 Å². The number of unbranched alkanes of at least 4 members (excludes halogenated alkanes) is 4. The first-order valence-electron chi connectivity index (χ1n) is 23.7. The van der Waals surface area contributed by atoms with Crippen LogP contribution < -0.4 is 16.0 Å². The number of hydrogen-bond acceptors (Lipinski definition) is 8. The monoisotopic (exact) mass is 896 g/mol. The van der Waals surface area contributed by atoms with Gasteiger partial charge < -0.3 is 40.0 Å². The van der Waals surface area contributed by atoms with Gasteiger partial charge in [0, 0.05) is 29.8 Å². The summed E-state index contributed by atoms with van der Waals surface area (Å²) in [6.07, 6.45) is 10.3. The molecule has 3 saturated heterocycles. The van der Waals surface area contributed by atoms with Crippen molar-refractivity contribution in [3.05, 3.63) is 126 Å². The van der Waals surface area contributed by atoms with Crippen molar-refractivity contribution in [2.24, 2.45) is 0 Å². The van der Waals surface area contributed by atoms with E-state index in [-0.39, 0.29) is 24.8 Å². The number of ether oxygens (including phenoxy) is 3. The number of likely N-dealkylation sites (tertiary alicyclic amines) is 2. The Morgan fingerprint density at radius 3 is 1.89 bits per heavy atom. The fraction of sp³-hybridized carbons (Fsp3) is 0.434. The lowest BCUT2D eigenvalue weighted by atomic mass is 9.70. The summed E-state index contributed by atoms with van der Waals surface area (Å²) >= 11 is 0. The van der Waals surface area contributed by atoms with Gasteiger partial charge in [-0.05, 0) is 83.3 Å². The molecule has 3 heterocycles. The Morgan fingerprint density at radius 1 is 0.742 bits per heavy atom. The maximum absolute atomic E-state index is 14.6. The number of fused-ring (bicyclic) bond motifs is 3. The molecule has 1 radical (unpaired) electrons. The lowest BCUT2D eigenvalue weighted by Gasteiger charge is -2.33. The number of amides is 5. The fourth-order valence-corrected chi connectivity index (χ4v) is 10.5.